The molecular formula is C12H17NO2. The minimum atomic E-state index is 0.238. The van der Waals surface area contributed by atoms with Crippen LogP contribution in [-0.4, -0.2) is 19.4 Å². The lowest BCUT2D eigenvalue weighted by molar-refractivity contribution is -0.117. The first-order valence-corrected chi connectivity index (χ1v) is 5.09. The lowest BCUT2D eigenvalue weighted by Crippen LogP contribution is -2.03. The van der Waals surface area contributed by atoms with E-state index in [-0.39, 0.29) is 5.78 Å². The first kappa shape index (κ1) is 11.6. The number of Topliss-reactive ketones (excluding diaryl/α,β-unsaturated/α-hetero) is 1. The Morgan fingerprint density at radius 2 is 2.27 bits per heavy atom. The summed E-state index contributed by atoms with van der Waals surface area (Å²) in [5, 5.41) is 3.24. The third-order valence-electron chi connectivity index (χ3n) is 2.10. The van der Waals surface area contributed by atoms with Crippen molar-refractivity contribution in [2.24, 2.45) is 0 Å². The highest BCUT2D eigenvalue weighted by atomic mass is 16.5. The van der Waals surface area contributed by atoms with Crippen LogP contribution in [0.2, 0.25) is 0 Å². The summed E-state index contributed by atoms with van der Waals surface area (Å²) in [5.41, 5.74) is 1.03. The zero-order valence-electron chi connectivity index (χ0n) is 9.25. The van der Waals surface area contributed by atoms with Gasteiger partial charge in [-0.3, -0.25) is 0 Å². The van der Waals surface area contributed by atoms with Crippen molar-refractivity contribution in [2.45, 2.75) is 19.8 Å². The van der Waals surface area contributed by atoms with E-state index in [1.165, 1.54) is 0 Å². The van der Waals surface area contributed by atoms with Gasteiger partial charge in [-0.2, -0.15) is 0 Å². The Labute approximate surface area is 90.4 Å². The minimum absolute atomic E-state index is 0.238. The van der Waals surface area contributed by atoms with Gasteiger partial charge in [0.15, 0.2) is 0 Å². The number of hydrogen-bond acceptors (Lipinski definition) is 3. The summed E-state index contributed by atoms with van der Waals surface area (Å²) in [5.74, 6) is 1.08. The summed E-state index contributed by atoms with van der Waals surface area (Å²) in [6.07, 6.45) is 1.50. The highest BCUT2D eigenvalue weighted by molar-refractivity contribution is 5.75. The molecule has 0 saturated heterocycles. The number of carbonyl (C=O) groups excluding carboxylic acids is 1. The van der Waals surface area contributed by atoms with Crippen LogP contribution >= 0.6 is 0 Å². The van der Waals surface area contributed by atoms with E-state index < -0.39 is 0 Å². The van der Waals surface area contributed by atoms with Crippen molar-refractivity contribution >= 4 is 11.5 Å². The molecule has 3 nitrogen and oxygen atoms in total. The predicted molar refractivity (Wildman–Crippen MR) is 61.4 cm³/mol. The molecule has 0 aromatic heterocycles. The minimum Gasteiger partial charge on any atom is -0.497 e. The van der Waals surface area contributed by atoms with Gasteiger partial charge in [0.1, 0.15) is 11.5 Å². The zero-order valence-corrected chi connectivity index (χ0v) is 9.25. The number of methoxy groups -OCH3 is 1. The molecule has 3 heteroatoms. The molecule has 0 atom stereocenters. The van der Waals surface area contributed by atoms with Crippen molar-refractivity contribution in [2.75, 3.05) is 19.0 Å². The predicted octanol–water partition coefficient (Wildman–Crippen LogP) is 2.48. The monoisotopic (exact) mass is 207 g/mol. The molecule has 0 amide bonds. The number of carbonyl (C=O) groups is 1. The van der Waals surface area contributed by atoms with Crippen LogP contribution < -0.4 is 10.1 Å². The Morgan fingerprint density at radius 3 is 2.93 bits per heavy atom. The third-order valence-corrected chi connectivity index (χ3v) is 2.10. The summed E-state index contributed by atoms with van der Waals surface area (Å²) < 4.78 is 5.11. The number of ketones is 1. The molecule has 1 aromatic rings. The molecule has 1 N–H and O–H groups in total. The van der Waals surface area contributed by atoms with Crippen molar-refractivity contribution in [1.82, 2.24) is 0 Å². The van der Waals surface area contributed by atoms with E-state index in [2.05, 4.69) is 5.32 Å². The van der Waals surface area contributed by atoms with Crippen LogP contribution in [-0.2, 0) is 4.79 Å². The zero-order chi connectivity index (χ0) is 11.1. The normalized spacial score (nSPS) is 9.73. The highest BCUT2D eigenvalue weighted by Crippen LogP contribution is 2.16. The Hall–Kier alpha value is -1.51. The van der Waals surface area contributed by atoms with Crippen molar-refractivity contribution in [3.05, 3.63) is 24.3 Å². The molecule has 0 aliphatic heterocycles. The third kappa shape index (κ3) is 4.49. The van der Waals surface area contributed by atoms with E-state index >= 15 is 0 Å². The average Bonchev–Trinajstić information content (AvgIpc) is 2.24. The maximum absolute atomic E-state index is 10.7. The van der Waals surface area contributed by atoms with Crippen molar-refractivity contribution < 1.29 is 9.53 Å². The quantitative estimate of drug-likeness (QED) is 0.728. The summed E-state index contributed by atoms with van der Waals surface area (Å²) >= 11 is 0. The first-order valence-electron chi connectivity index (χ1n) is 5.09. The molecule has 0 aliphatic carbocycles. The molecule has 0 radical (unpaired) electrons. The number of hydrogen-bond donors (Lipinski definition) is 1. The molecule has 82 valence electrons. The first-order chi connectivity index (χ1) is 7.22. The van der Waals surface area contributed by atoms with Crippen LogP contribution in [0.25, 0.3) is 0 Å². The number of nitrogens with one attached hydrogen (secondary N) is 1. The molecule has 15 heavy (non-hydrogen) atoms. The number of benzene rings is 1. The standard InChI is InChI=1S/C12H17NO2/c1-10(14)5-4-8-13-11-6-3-7-12(9-11)15-2/h3,6-7,9,13H,4-5,8H2,1-2H3. The van der Waals surface area contributed by atoms with Crippen molar-refractivity contribution in [3.63, 3.8) is 0 Å². The highest BCUT2D eigenvalue weighted by Gasteiger charge is 1.96. The topological polar surface area (TPSA) is 38.3 Å². The fraction of sp³-hybridized carbons (Fsp3) is 0.417. The van der Waals surface area contributed by atoms with Gasteiger partial charge >= 0.3 is 0 Å². The van der Waals surface area contributed by atoms with Gasteiger partial charge in [0.05, 0.1) is 7.11 Å². The summed E-state index contributed by atoms with van der Waals surface area (Å²) in [7, 11) is 1.65. The second kappa shape index (κ2) is 6.06. The molecule has 0 saturated carbocycles. The second-order valence-electron chi connectivity index (χ2n) is 3.46. The Balaban J connectivity index is 2.33. The molecule has 1 aromatic carbocycles. The molecular weight excluding hydrogens is 190 g/mol. The Bertz CT molecular complexity index is 323. The van der Waals surface area contributed by atoms with Gasteiger partial charge in [-0.1, -0.05) is 6.07 Å². The van der Waals surface area contributed by atoms with Crippen LogP contribution in [0.4, 0.5) is 5.69 Å². The number of ether oxygens (including phenoxy) is 1. The molecule has 0 bridgehead atoms. The van der Waals surface area contributed by atoms with Crippen LogP contribution in [0.15, 0.2) is 24.3 Å². The molecule has 1 rings (SSSR count). The van der Waals surface area contributed by atoms with Crippen molar-refractivity contribution in [1.29, 1.82) is 0 Å². The van der Waals surface area contributed by atoms with Crippen LogP contribution in [0.1, 0.15) is 19.8 Å². The lowest BCUT2D eigenvalue weighted by atomic mass is 10.2. The largest absolute Gasteiger partial charge is 0.497 e. The Morgan fingerprint density at radius 1 is 1.47 bits per heavy atom. The van der Waals surface area contributed by atoms with Gasteiger partial charge in [0, 0.05) is 24.7 Å². The SMILES string of the molecule is COc1cccc(NCCCC(C)=O)c1. The number of rotatable bonds is 6. The van der Waals surface area contributed by atoms with E-state index in [4.69, 9.17) is 4.74 Å². The fourth-order valence-electron chi connectivity index (χ4n) is 1.30. The van der Waals surface area contributed by atoms with Crippen LogP contribution in [0, 0.1) is 0 Å². The van der Waals surface area contributed by atoms with Crippen LogP contribution in [0.3, 0.4) is 0 Å². The summed E-state index contributed by atoms with van der Waals surface area (Å²) in [6, 6.07) is 7.76. The number of anilines is 1. The van der Waals surface area contributed by atoms with Crippen LogP contribution in [0.5, 0.6) is 5.75 Å². The van der Waals surface area contributed by atoms with E-state index in [1.807, 2.05) is 24.3 Å². The van der Waals surface area contributed by atoms with Gasteiger partial charge in [-0.05, 0) is 25.5 Å². The summed E-state index contributed by atoms with van der Waals surface area (Å²) in [4.78, 5) is 10.7. The molecule has 0 unspecified atom stereocenters. The van der Waals surface area contributed by atoms with Crippen molar-refractivity contribution in [3.8, 4) is 5.75 Å². The second-order valence-corrected chi connectivity index (χ2v) is 3.46. The average molecular weight is 207 g/mol. The van der Waals surface area contributed by atoms with E-state index in [0.717, 1.165) is 24.4 Å². The molecule has 0 spiro atoms. The maximum atomic E-state index is 10.7. The Kier molecular flexibility index (Phi) is 4.68. The molecule has 0 fully saturated rings. The lowest BCUT2D eigenvalue weighted by Gasteiger charge is -2.07. The van der Waals surface area contributed by atoms with Gasteiger partial charge < -0.3 is 14.8 Å². The van der Waals surface area contributed by atoms with Gasteiger partial charge in [0.25, 0.3) is 0 Å². The van der Waals surface area contributed by atoms with Gasteiger partial charge in [-0.25, -0.2) is 0 Å². The molecule has 0 heterocycles. The van der Waals surface area contributed by atoms with Gasteiger partial charge in [-0.15, -0.1) is 0 Å². The summed E-state index contributed by atoms with van der Waals surface area (Å²) in [6.45, 7) is 2.43. The van der Waals surface area contributed by atoms with E-state index in [0.29, 0.717) is 6.42 Å². The maximum Gasteiger partial charge on any atom is 0.129 e. The van der Waals surface area contributed by atoms with E-state index in [9.17, 15) is 4.79 Å². The fourth-order valence-corrected chi connectivity index (χ4v) is 1.30. The van der Waals surface area contributed by atoms with E-state index in [1.54, 1.807) is 14.0 Å². The molecule has 0 aliphatic rings. The smallest absolute Gasteiger partial charge is 0.129 e. The van der Waals surface area contributed by atoms with Gasteiger partial charge in [0.2, 0.25) is 0 Å².